The van der Waals surface area contributed by atoms with Gasteiger partial charge in [-0.05, 0) is 33.8 Å². The lowest BCUT2D eigenvalue weighted by molar-refractivity contribution is -0.0209. The SMILES string of the molecule is CCOC(C)(C)c1nc(C)cc(Cl)n1. The zero-order valence-corrected chi connectivity index (χ0v) is 9.72. The van der Waals surface area contributed by atoms with E-state index in [1.54, 1.807) is 6.07 Å². The lowest BCUT2D eigenvalue weighted by Gasteiger charge is -2.23. The van der Waals surface area contributed by atoms with Crippen LogP contribution in [0.1, 0.15) is 32.3 Å². The second-order valence-corrected chi connectivity index (χ2v) is 3.99. The van der Waals surface area contributed by atoms with Gasteiger partial charge in [0.05, 0.1) is 0 Å². The van der Waals surface area contributed by atoms with E-state index >= 15 is 0 Å². The van der Waals surface area contributed by atoms with Crippen molar-refractivity contribution in [2.24, 2.45) is 0 Å². The molecule has 0 aliphatic rings. The van der Waals surface area contributed by atoms with Crippen LogP contribution in [-0.4, -0.2) is 16.6 Å². The van der Waals surface area contributed by atoms with Gasteiger partial charge in [-0.2, -0.15) is 0 Å². The van der Waals surface area contributed by atoms with Gasteiger partial charge >= 0.3 is 0 Å². The molecular formula is C10H15ClN2O. The molecule has 1 aromatic rings. The van der Waals surface area contributed by atoms with Crippen LogP contribution in [0.25, 0.3) is 0 Å². The van der Waals surface area contributed by atoms with Crippen molar-refractivity contribution in [3.63, 3.8) is 0 Å². The van der Waals surface area contributed by atoms with Crippen molar-refractivity contribution in [3.05, 3.63) is 22.7 Å². The van der Waals surface area contributed by atoms with Crippen LogP contribution in [0.3, 0.4) is 0 Å². The molecule has 0 N–H and O–H groups in total. The number of halogens is 1. The van der Waals surface area contributed by atoms with Crippen molar-refractivity contribution >= 4 is 11.6 Å². The maximum atomic E-state index is 5.85. The first kappa shape index (κ1) is 11.4. The number of rotatable bonds is 3. The molecule has 0 spiro atoms. The van der Waals surface area contributed by atoms with E-state index in [0.29, 0.717) is 17.6 Å². The van der Waals surface area contributed by atoms with Crippen LogP contribution in [-0.2, 0) is 10.3 Å². The van der Waals surface area contributed by atoms with E-state index in [-0.39, 0.29) is 0 Å². The lowest BCUT2D eigenvalue weighted by atomic mass is 10.1. The molecule has 78 valence electrons. The summed E-state index contributed by atoms with van der Waals surface area (Å²) in [6.45, 7) is 8.32. The van der Waals surface area contributed by atoms with Crippen molar-refractivity contribution in [1.29, 1.82) is 0 Å². The predicted molar refractivity (Wildman–Crippen MR) is 56.4 cm³/mol. The molecule has 4 heteroatoms. The van der Waals surface area contributed by atoms with Crippen LogP contribution in [0.5, 0.6) is 0 Å². The van der Waals surface area contributed by atoms with E-state index in [0.717, 1.165) is 5.69 Å². The van der Waals surface area contributed by atoms with Gasteiger partial charge in [0, 0.05) is 12.3 Å². The summed E-state index contributed by atoms with van der Waals surface area (Å²) in [7, 11) is 0. The highest BCUT2D eigenvalue weighted by molar-refractivity contribution is 6.29. The first-order valence-corrected chi connectivity index (χ1v) is 4.99. The third-order valence-electron chi connectivity index (χ3n) is 1.87. The zero-order chi connectivity index (χ0) is 10.8. The molecule has 0 unspecified atom stereocenters. The first-order chi connectivity index (χ1) is 6.45. The minimum absolute atomic E-state index is 0.459. The molecule has 0 bridgehead atoms. The van der Waals surface area contributed by atoms with Gasteiger partial charge in [0.25, 0.3) is 0 Å². The summed E-state index contributed by atoms with van der Waals surface area (Å²) in [6, 6.07) is 1.73. The second-order valence-electron chi connectivity index (χ2n) is 3.60. The second kappa shape index (κ2) is 4.24. The summed E-state index contributed by atoms with van der Waals surface area (Å²) in [5.74, 6) is 0.629. The summed E-state index contributed by atoms with van der Waals surface area (Å²) in [5, 5.41) is 0.459. The van der Waals surface area contributed by atoms with Crippen molar-refractivity contribution in [3.8, 4) is 0 Å². The van der Waals surface area contributed by atoms with Gasteiger partial charge in [-0.1, -0.05) is 11.6 Å². The molecule has 0 aliphatic heterocycles. The Morgan fingerprint density at radius 1 is 1.43 bits per heavy atom. The van der Waals surface area contributed by atoms with Crippen molar-refractivity contribution in [2.75, 3.05) is 6.61 Å². The molecule has 0 amide bonds. The molecule has 0 saturated heterocycles. The minimum atomic E-state index is -0.482. The van der Waals surface area contributed by atoms with Crippen LogP contribution >= 0.6 is 11.6 Å². The third-order valence-corrected chi connectivity index (χ3v) is 2.06. The molecule has 1 aromatic heterocycles. The summed E-state index contributed by atoms with van der Waals surface area (Å²) in [5.41, 5.74) is 0.373. The van der Waals surface area contributed by atoms with Gasteiger partial charge in [0.1, 0.15) is 10.8 Å². The maximum Gasteiger partial charge on any atom is 0.161 e. The Morgan fingerprint density at radius 2 is 2.07 bits per heavy atom. The molecule has 0 fully saturated rings. The van der Waals surface area contributed by atoms with Gasteiger partial charge in [0.2, 0.25) is 0 Å². The number of aromatic nitrogens is 2. The lowest BCUT2D eigenvalue weighted by Crippen LogP contribution is -2.25. The summed E-state index contributed by atoms with van der Waals surface area (Å²) in [4.78, 5) is 8.46. The number of aryl methyl sites for hydroxylation is 1. The number of hydrogen-bond donors (Lipinski definition) is 0. The van der Waals surface area contributed by atoms with Gasteiger partial charge in [0.15, 0.2) is 5.82 Å². The van der Waals surface area contributed by atoms with E-state index in [1.807, 2.05) is 27.7 Å². The quantitative estimate of drug-likeness (QED) is 0.726. The largest absolute Gasteiger partial charge is 0.368 e. The molecule has 0 aromatic carbocycles. The number of hydrogen-bond acceptors (Lipinski definition) is 3. The topological polar surface area (TPSA) is 35.0 Å². The Labute approximate surface area is 89.5 Å². The first-order valence-electron chi connectivity index (χ1n) is 4.61. The predicted octanol–water partition coefficient (Wildman–Crippen LogP) is 2.71. The summed E-state index contributed by atoms with van der Waals surface area (Å²) in [6.07, 6.45) is 0. The average molecular weight is 215 g/mol. The molecule has 1 rings (SSSR count). The van der Waals surface area contributed by atoms with Crippen LogP contribution < -0.4 is 0 Å². The van der Waals surface area contributed by atoms with Gasteiger partial charge in [-0.15, -0.1) is 0 Å². The minimum Gasteiger partial charge on any atom is -0.368 e. The zero-order valence-electron chi connectivity index (χ0n) is 8.97. The van der Waals surface area contributed by atoms with E-state index in [2.05, 4.69) is 9.97 Å². The highest BCUT2D eigenvalue weighted by Gasteiger charge is 2.24. The van der Waals surface area contributed by atoms with Crippen LogP contribution in [0.4, 0.5) is 0 Å². The number of ether oxygens (including phenoxy) is 1. The average Bonchev–Trinajstić information content (AvgIpc) is 2.02. The van der Waals surface area contributed by atoms with Crippen LogP contribution in [0, 0.1) is 6.92 Å². The van der Waals surface area contributed by atoms with Crippen molar-refractivity contribution in [1.82, 2.24) is 9.97 Å². The van der Waals surface area contributed by atoms with Crippen LogP contribution in [0.15, 0.2) is 6.07 Å². The van der Waals surface area contributed by atoms with Gasteiger partial charge < -0.3 is 4.74 Å². The Balaban J connectivity index is 3.05. The Hall–Kier alpha value is -0.670. The molecular weight excluding hydrogens is 200 g/mol. The van der Waals surface area contributed by atoms with Crippen LogP contribution in [0.2, 0.25) is 5.15 Å². The Kier molecular flexibility index (Phi) is 3.45. The Morgan fingerprint density at radius 3 is 2.57 bits per heavy atom. The third kappa shape index (κ3) is 2.66. The fourth-order valence-corrected chi connectivity index (χ4v) is 1.46. The molecule has 0 saturated carbocycles. The molecule has 3 nitrogen and oxygen atoms in total. The summed E-state index contributed by atoms with van der Waals surface area (Å²) < 4.78 is 5.54. The van der Waals surface area contributed by atoms with Gasteiger partial charge in [-0.3, -0.25) is 0 Å². The Bertz CT molecular complexity index is 306. The smallest absolute Gasteiger partial charge is 0.161 e. The summed E-state index contributed by atoms with van der Waals surface area (Å²) >= 11 is 5.85. The fraction of sp³-hybridized carbons (Fsp3) is 0.600. The van der Waals surface area contributed by atoms with Crippen molar-refractivity contribution < 1.29 is 4.74 Å². The molecule has 1 heterocycles. The molecule has 0 atom stereocenters. The van der Waals surface area contributed by atoms with E-state index in [4.69, 9.17) is 16.3 Å². The standard InChI is InChI=1S/C10H15ClN2O/c1-5-14-10(3,4)9-12-7(2)6-8(11)13-9/h6H,5H2,1-4H3. The molecule has 14 heavy (non-hydrogen) atoms. The van der Waals surface area contributed by atoms with E-state index in [9.17, 15) is 0 Å². The molecule has 0 aliphatic carbocycles. The van der Waals surface area contributed by atoms with E-state index in [1.165, 1.54) is 0 Å². The highest BCUT2D eigenvalue weighted by atomic mass is 35.5. The van der Waals surface area contributed by atoms with E-state index < -0.39 is 5.60 Å². The highest BCUT2D eigenvalue weighted by Crippen LogP contribution is 2.22. The number of nitrogens with zero attached hydrogens (tertiary/aromatic N) is 2. The monoisotopic (exact) mass is 214 g/mol. The van der Waals surface area contributed by atoms with Gasteiger partial charge in [-0.25, -0.2) is 9.97 Å². The normalized spacial score (nSPS) is 11.8. The maximum absolute atomic E-state index is 5.85. The fourth-order valence-electron chi connectivity index (χ4n) is 1.22. The van der Waals surface area contributed by atoms with Crippen molar-refractivity contribution in [2.45, 2.75) is 33.3 Å². The molecule has 0 radical (unpaired) electrons.